The first-order valence-corrected chi connectivity index (χ1v) is 13.2. The minimum Gasteiger partial charge on any atom is -0.492 e. The smallest absolute Gasteiger partial charge is 0.237 e. The van der Waals surface area contributed by atoms with Crippen LogP contribution < -0.4 is 37.9 Å². The van der Waals surface area contributed by atoms with Crippen LogP contribution in [0.25, 0.3) is 0 Å². The summed E-state index contributed by atoms with van der Waals surface area (Å²) in [5.74, 6) is 1.51. The van der Waals surface area contributed by atoms with Gasteiger partial charge < -0.3 is 37.9 Å². The highest BCUT2D eigenvalue weighted by atomic mass is 32.1. The van der Waals surface area contributed by atoms with Gasteiger partial charge in [0.1, 0.15) is 12.4 Å². The number of benzene rings is 1. The number of carbonyl (C=O) groups excluding carboxylic acids is 2. The second kappa shape index (κ2) is 18.2. The lowest BCUT2D eigenvalue weighted by atomic mass is 10.1. The molecule has 10 N–H and O–H groups in total. The molecule has 1 aromatic rings. The molecule has 0 bridgehead atoms. The van der Waals surface area contributed by atoms with E-state index in [0.29, 0.717) is 63.4 Å². The SMILES string of the molecule is N=C(N)NCCCC[C@H](N)C(=O)NCCCC[C@H](N)C(=O)NCCOc1ccc(CS)c(CS)c1. The Balaban J connectivity index is 2.11. The van der Waals surface area contributed by atoms with Gasteiger partial charge in [0.15, 0.2) is 5.96 Å². The van der Waals surface area contributed by atoms with Crippen LogP contribution in [0.2, 0.25) is 0 Å². The number of thiol groups is 2. The van der Waals surface area contributed by atoms with E-state index in [1.165, 1.54) is 0 Å². The summed E-state index contributed by atoms with van der Waals surface area (Å²) in [7, 11) is 0. The van der Waals surface area contributed by atoms with Gasteiger partial charge in [-0.3, -0.25) is 15.0 Å². The van der Waals surface area contributed by atoms with Crippen LogP contribution in [0.1, 0.15) is 49.7 Å². The maximum Gasteiger partial charge on any atom is 0.237 e. The number of nitrogens with one attached hydrogen (secondary N) is 4. The summed E-state index contributed by atoms with van der Waals surface area (Å²) < 4.78 is 5.70. The fourth-order valence-electron chi connectivity index (χ4n) is 3.27. The third kappa shape index (κ3) is 13.5. The van der Waals surface area contributed by atoms with Crippen LogP contribution in [-0.2, 0) is 21.1 Å². The monoisotopic (exact) mass is 527 g/mol. The molecule has 35 heavy (non-hydrogen) atoms. The summed E-state index contributed by atoms with van der Waals surface area (Å²) in [6, 6.07) is 4.61. The Bertz CT molecular complexity index is 798. The molecule has 0 saturated heterocycles. The van der Waals surface area contributed by atoms with Crippen LogP contribution in [0.4, 0.5) is 0 Å². The summed E-state index contributed by atoms with van der Waals surface area (Å²) >= 11 is 8.63. The lowest BCUT2D eigenvalue weighted by Crippen LogP contribution is -2.42. The first-order chi connectivity index (χ1) is 16.8. The van der Waals surface area contributed by atoms with E-state index in [4.69, 9.17) is 27.3 Å². The summed E-state index contributed by atoms with van der Waals surface area (Å²) in [5, 5.41) is 15.4. The number of nitrogens with two attached hydrogens (primary N) is 3. The van der Waals surface area contributed by atoms with E-state index in [9.17, 15) is 9.59 Å². The molecule has 10 nitrogen and oxygen atoms in total. The van der Waals surface area contributed by atoms with Gasteiger partial charge in [-0.1, -0.05) is 6.07 Å². The highest BCUT2D eigenvalue weighted by Gasteiger charge is 2.14. The molecule has 2 amide bonds. The fraction of sp³-hybridized carbons (Fsp3) is 0.609. The zero-order valence-electron chi connectivity index (χ0n) is 20.2. The van der Waals surface area contributed by atoms with Crippen LogP contribution in [0.3, 0.4) is 0 Å². The van der Waals surface area contributed by atoms with Gasteiger partial charge in [0.05, 0.1) is 18.6 Å². The maximum absolute atomic E-state index is 12.2. The lowest BCUT2D eigenvalue weighted by molar-refractivity contribution is -0.123. The minimum absolute atomic E-state index is 0.0622. The Labute approximate surface area is 219 Å². The molecule has 1 rings (SSSR count). The van der Waals surface area contributed by atoms with Crippen molar-refractivity contribution in [1.82, 2.24) is 16.0 Å². The van der Waals surface area contributed by atoms with Crippen LogP contribution in [0, 0.1) is 5.41 Å². The molecule has 0 aliphatic carbocycles. The van der Waals surface area contributed by atoms with Crippen molar-refractivity contribution in [3.63, 3.8) is 0 Å². The average Bonchev–Trinajstić information content (AvgIpc) is 2.85. The maximum atomic E-state index is 12.2. The molecule has 0 aliphatic heterocycles. The number of rotatable bonds is 18. The second-order valence-electron chi connectivity index (χ2n) is 8.22. The molecule has 0 unspecified atom stereocenters. The third-order valence-electron chi connectivity index (χ3n) is 5.36. The number of unbranched alkanes of at least 4 members (excludes halogenated alkanes) is 2. The van der Waals surface area contributed by atoms with Crippen molar-refractivity contribution in [3.8, 4) is 5.75 Å². The van der Waals surface area contributed by atoms with Crippen LogP contribution in [-0.4, -0.2) is 56.1 Å². The predicted molar refractivity (Wildman–Crippen MR) is 147 cm³/mol. The zero-order chi connectivity index (χ0) is 26.1. The van der Waals surface area contributed by atoms with Crippen molar-refractivity contribution in [3.05, 3.63) is 29.3 Å². The van der Waals surface area contributed by atoms with E-state index in [1.54, 1.807) is 0 Å². The van der Waals surface area contributed by atoms with E-state index < -0.39 is 12.1 Å². The lowest BCUT2D eigenvalue weighted by Gasteiger charge is -2.14. The van der Waals surface area contributed by atoms with Gasteiger partial charge in [0.2, 0.25) is 11.8 Å². The highest BCUT2D eigenvalue weighted by molar-refractivity contribution is 7.79. The van der Waals surface area contributed by atoms with E-state index in [-0.39, 0.29) is 17.8 Å². The quantitative estimate of drug-likeness (QED) is 0.0581. The first-order valence-electron chi connectivity index (χ1n) is 11.9. The summed E-state index contributed by atoms with van der Waals surface area (Å²) in [5.41, 5.74) is 19.3. The van der Waals surface area contributed by atoms with Gasteiger partial charge in [0, 0.05) is 24.6 Å². The number of hydrogen-bond donors (Lipinski definition) is 9. The van der Waals surface area contributed by atoms with E-state index >= 15 is 0 Å². The van der Waals surface area contributed by atoms with Crippen molar-refractivity contribution in [2.45, 2.75) is 62.1 Å². The van der Waals surface area contributed by atoms with Gasteiger partial charge in [-0.25, -0.2) is 0 Å². The summed E-state index contributed by atoms with van der Waals surface area (Å²) in [6.45, 7) is 1.77. The van der Waals surface area contributed by atoms with Crippen LogP contribution in [0.15, 0.2) is 18.2 Å². The Kier molecular flexibility index (Phi) is 16.0. The van der Waals surface area contributed by atoms with E-state index in [1.807, 2.05) is 18.2 Å². The second-order valence-corrected chi connectivity index (χ2v) is 8.85. The Hall–Kier alpha value is -2.15. The Morgan fingerprint density at radius 1 is 0.857 bits per heavy atom. The van der Waals surface area contributed by atoms with Crippen LogP contribution in [0.5, 0.6) is 5.75 Å². The highest BCUT2D eigenvalue weighted by Crippen LogP contribution is 2.20. The standard InChI is InChI=1S/C23H41N7O3S2/c24-19(6-2-4-10-30-23(26)27)21(31)28-9-3-1-5-20(25)22(32)29-11-12-33-18-8-7-16(14-34)17(13-18)15-35/h7-8,13,19-20,34-35H,1-6,9-12,14-15,24-25H2,(H,28,31)(H,29,32)(H4,26,27,30)/t19-,20-/m0/s1. The Morgan fingerprint density at radius 2 is 1.40 bits per heavy atom. The number of amides is 2. The summed E-state index contributed by atoms with van der Waals surface area (Å²) in [4.78, 5) is 24.2. The molecule has 1 aromatic carbocycles. The number of hydrogen-bond acceptors (Lipinski definition) is 8. The number of ether oxygens (including phenoxy) is 1. The molecular weight excluding hydrogens is 486 g/mol. The average molecular weight is 528 g/mol. The molecule has 0 saturated carbocycles. The number of guanidine groups is 1. The van der Waals surface area contributed by atoms with Gasteiger partial charge in [-0.2, -0.15) is 25.3 Å². The van der Waals surface area contributed by atoms with Gasteiger partial charge in [-0.15, -0.1) is 0 Å². The zero-order valence-corrected chi connectivity index (χ0v) is 22.0. The Morgan fingerprint density at radius 3 is 1.94 bits per heavy atom. The van der Waals surface area contributed by atoms with Crippen molar-refractivity contribution in [2.24, 2.45) is 17.2 Å². The van der Waals surface area contributed by atoms with Crippen molar-refractivity contribution in [2.75, 3.05) is 26.2 Å². The molecule has 198 valence electrons. The van der Waals surface area contributed by atoms with Gasteiger partial charge in [0.25, 0.3) is 0 Å². The fourth-order valence-corrected chi connectivity index (χ4v) is 3.88. The molecule has 0 fully saturated rings. The van der Waals surface area contributed by atoms with Crippen molar-refractivity contribution in [1.29, 1.82) is 5.41 Å². The molecule has 0 radical (unpaired) electrons. The third-order valence-corrected chi connectivity index (χ3v) is 6.04. The predicted octanol–water partition coefficient (Wildman–Crippen LogP) is 0.636. The number of carbonyl (C=O) groups is 2. The van der Waals surface area contributed by atoms with Crippen molar-refractivity contribution < 1.29 is 14.3 Å². The molecule has 12 heteroatoms. The molecule has 0 heterocycles. The molecular formula is C23H41N7O3S2. The molecule has 0 aliphatic rings. The largest absolute Gasteiger partial charge is 0.492 e. The van der Waals surface area contributed by atoms with E-state index in [2.05, 4.69) is 41.2 Å². The molecule has 2 atom stereocenters. The van der Waals surface area contributed by atoms with Gasteiger partial charge >= 0.3 is 0 Å². The summed E-state index contributed by atoms with van der Waals surface area (Å²) in [6.07, 6.45) is 4.06. The van der Waals surface area contributed by atoms with Crippen LogP contribution >= 0.6 is 25.3 Å². The van der Waals surface area contributed by atoms with Gasteiger partial charge in [-0.05, 0) is 61.8 Å². The first kappa shape index (κ1) is 30.9. The van der Waals surface area contributed by atoms with Crippen molar-refractivity contribution >= 4 is 43.0 Å². The minimum atomic E-state index is -0.609. The van der Waals surface area contributed by atoms with E-state index in [0.717, 1.165) is 29.7 Å². The normalized spacial score (nSPS) is 12.5. The molecule has 0 aromatic heterocycles. The molecule has 0 spiro atoms. The topological polar surface area (TPSA) is 181 Å².